The van der Waals surface area contributed by atoms with Crippen molar-refractivity contribution in [2.24, 2.45) is 4.99 Å². The molecule has 2 aliphatic heterocycles. The number of carbonyl (C=O) groups is 1. The second-order valence-electron chi connectivity index (χ2n) is 8.69. The largest absolute Gasteiger partial charge is 0.381 e. The SMILES string of the molecule is CC(=O)NCCCc1c(C2CCOCC2)n(-c2ccc(F)cc2)c2cc3c(cc12)CN=C3. The quantitative estimate of drug-likeness (QED) is 0.575. The van der Waals surface area contributed by atoms with Gasteiger partial charge < -0.3 is 14.6 Å². The molecule has 1 N–H and O–H groups in total. The third-order valence-corrected chi connectivity index (χ3v) is 6.54. The van der Waals surface area contributed by atoms with Gasteiger partial charge in [-0.2, -0.15) is 0 Å². The summed E-state index contributed by atoms with van der Waals surface area (Å²) in [6.45, 7) is 4.43. The van der Waals surface area contributed by atoms with E-state index >= 15 is 0 Å². The van der Waals surface area contributed by atoms with E-state index in [0.717, 1.165) is 55.7 Å². The minimum atomic E-state index is -0.235. The smallest absolute Gasteiger partial charge is 0.216 e. The Morgan fingerprint density at radius 3 is 2.75 bits per heavy atom. The van der Waals surface area contributed by atoms with E-state index < -0.39 is 0 Å². The first-order valence-corrected chi connectivity index (χ1v) is 11.4. The van der Waals surface area contributed by atoms with Crippen LogP contribution >= 0.6 is 0 Å². The summed E-state index contributed by atoms with van der Waals surface area (Å²) < 4.78 is 21.7. The molecule has 0 saturated carbocycles. The summed E-state index contributed by atoms with van der Waals surface area (Å²) >= 11 is 0. The Kier molecular flexibility index (Phi) is 5.79. The van der Waals surface area contributed by atoms with Crippen molar-refractivity contribution < 1.29 is 13.9 Å². The Balaban J connectivity index is 1.69. The summed E-state index contributed by atoms with van der Waals surface area (Å²) in [6.07, 6.45) is 5.62. The summed E-state index contributed by atoms with van der Waals surface area (Å²) in [6, 6.07) is 11.3. The van der Waals surface area contributed by atoms with Gasteiger partial charge >= 0.3 is 0 Å². The zero-order valence-electron chi connectivity index (χ0n) is 18.4. The Morgan fingerprint density at radius 2 is 2.00 bits per heavy atom. The number of fused-ring (bicyclic) bond motifs is 2. The Hall–Kier alpha value is -2.99. The molecule has 1 amide bonds. The minimum Gasteiger partial charge on any atom is -0.381 e. The second kappa shape index (κ2) is 8.87. The molecule has 3 aromatic rings. The minimum absolute atomic E-state index is 0.00152. The standard InChI is InChI=1S/C26H28FN3O2/c1-17(31)29-10-2-3-23-24-13-19-15-28-16-20(19)14-25(24)30(22-6-4-21(27)5-7-22)26(23)18-8-11-32-12-9-18/h4-7,13-14,16,18H,2-3,8-12,15H2,1H3,(H,29,31). The van der Waals surface area contributed by atoms with Crippen LogP contribution in [0.15, 0.2) is 41.4 Å². The maximum absolute atomic E-state index is 13.7. The van der Waals surface area contributed by atoms with Gasteiger partial charge in [-0.25, -0.2) is 4.39 Å². The zero-order valence-corrected chi connectivity index (χ0v) is 18.4. The van der Waals surface area contributed by atoms with Crippen molar-refractivity contribution >= 4 is 23.0 Å². The van der Waals surface area contributed by atoms with E-state index in [9.17, 15) is 9.18 Å². The van der Waals surface area contributed by atoms with Crippen molar-refractivity contribution in [3.8, 4) is 5.69 Å². The highest BCUT2D eigenvalue weighted by Gasteiger charge is 2.27. The van der Waals surface area contributed by atoms with Crippen LogP contribution in [0.25, 0.3) is 16.6 Å². The molecule has 0 bridgehead atoms. The van der Waals surface area contributed by atoms with Crippen molar-refractivity contribution in [1.29, 1.82) is 0 Å². The number of aliphatic imine (C=N–C) groups is 1. The molecular formula is C26H28FN3O2. The number of aryl methyl sites for hydroxylation is 1. The van der Waals surface area contributed by atoms with E-state index in [1.165, 1.54) is 34.3 Å². The lowest BCUT2D eigenvalue weighted by Crippen LogP contribution is -2.22. The van der Waals surface area contributed by atoms with Gasteiger partial charge in [0.05, 0.1) is 12.1 Å². The number of nitrogens with zero attached hydrogens (tertiary/aromatic N) is 2. The van der Waals surface area contributed by atoms with Crippen molar-refractivity contribution in [1.82, 2.24) is 9.88 Å². The highest BCUT2D eigenvalue weighted by atomic mass is 19.1. The van der Waals surface area contributed by atoms with Crippen LogP contribution in [-0.4, -0.2) is 36.4 Å². The van der Waals surface area contributed by atoms with Crippen molar-refractivity contribution in [3.63, 3.8) is 0 Å². The highest BCUT2D eigenvalue weighted by Crippen LogP contribution is 2.40. The summed E-state index contributed by atoms with van der Waals surface area (Å²) in [5.74, 6) is 0.139. The molecule has 1 aromatic heterocycles. The molecule has 2 aromatic carbocycles. The van der Waals surface area contributed by atoms with Gasteiger partial charge in [0.25, 0.3) is 0 Å². The van der Waals surface area contributed by atoms with Crippen LogP contribution in [0.5, 0.6) is 0 Å². The fraction of sp³-hybridized carbons (Fsp3) is 0.385. The number of halogens is 1. The molecule has 1 fully saturated rings. The van der Waals surface area contributed by atoms with Crippen LogP contribution < -0.4 is 5.32 Å². The molecule has 1 saturated heterocycles. The molecule has 32 heavy (non-hydrogen) atoms. The van der Waals surface area contributed by atoms with Crippen LogP contribution in [0.4, 0.5) is 4.39 Å². The number of amides is 1. The molecular weight excluding hydrogens is 405 g/mol. The van der Waals surface area contributed by atoms with Gasteiger partial charge in [-0.3, -0.25) is 9.79 Å². The molecule has 166 valence electrons. The van der Waals surface area contributed by atoms with E-state index in [4.69, 9.17) is 4.74 Å². The maximum Gasteiger partial charge on any atom is 0.216 e. The Morgan fingerprint density at radius 1 is 1.22 bits per heavy atom. The molecule has 0 spiro atoms. The van der Waals surface area contributed by atoms with Crippen LogP contribution in [0, 0.1) is 5.82 Å². The number of rotatable bonds is 6. The third-order valence-electron chi connectivity index (χ3n) is 6.54. The Bertz CT molecular complexity index is 1170. The van der Waals surface area contributed by atoms with Gasteiger partial charge in [-0.05, 0) is 78.8 Å². The van der Waals surface area contributed by atoms with Crippen molar-refractivity contribution in [2.45, 2.75) is 45.1 Å². The number of carbonyl (C=O) groups excluding carboxylic acids is 1. The van der Waals surface area contributed by atoms with Gasteiger partial charge in [0.15, 0.2) is 0 Å². The average Bonchev–Trinajstić information content (AvgIpc) is 3.38. The van der Waals surface area contributed by atoms with Gasteiger partial charge in [-0.1, -0.05) is 0 Å². The van der Waals surface area contributed by atoms with Crippen LogP contribution in [0.3, 0.4) is 0 Å². The van der Waals surface area contributed by atoms with Gasteiger partial charge in [0, 0.05) is 55.6 Å². The van der Waals surface area contributed by atoms with E-state index in [0.29, 0.717) is 19.0 Å². The van der Waals surface area contributed by atoms with Gasteiger partial charge in [-0.15, -0.1) is 0 Å². The first-order valence-electron chi connectivity index (χ1n) is 11.4. The molecule has 2 aliphatic rings. The monoisotopic (exact) mass is 433 g/mol. The lowest BCUT2D eigenvalue weighted by Gasteiger charge is -2.26. The molecule has 0 unspecified atom stereocenters. The fourth-order valence-electron chi connectivity index (χ4n) is 5.04. The average molecular weight is 434 g/mol. The van der Waals surface area contributed by atoms with Crippen LogP contribution in [-0.2, 0) is 22.5 Å². The van der Waals surface area contributed by atoms with Gasteiger partial charge in [0.2, 0.25) is 5.91 Å². The van der Waals surface area contributed by atoms with Crippen molar-refractivity contribution in [2.75, 3.05) is 19.8 Å². The Labute approximate surface area is 187 Å². The number of ether oxygens (including phenoxy) is 1. The summed E-state index contributed by atoms with van der Waals surface area (Å²) in [5.41, 5.74) is 7.15. The first-order chi connectivity index (χ1) is 15.6. The number of aromatic nitrogens is 1. The number of hydrogen-bond acceptors (Lipinski definition) is 3. The van der Waals surface area contributed by atoms with Gasteiger partial charge in [0.1, 0.15) is 5.82 Å². The van der Waals surface area contributed by atoms with E-state index in [-0.39, 0.29) is 11.7 Å². The number of hydrogen-bond donors (Lipinski definition) is 1. The topological polar surface area (TPSA) is 55.6 Å². The third kappa shape index (κ3) is 3.95. The normalized spacial score (nSPS) is 15.9. The molecule has 0 radical (unpaired) electrons. The molecule has 6 heteroatoms. The van der Waals surface area contributed by atoms with Crippen molar-refractivity contribution in [3.05, 3.63) is 64.6 Å². The molecule has 0 aliphatic carbocycles. The first kappa shape index (κ1) is 20.9. The summed E-state index contributed by atoms with van der Waals surface area (Å²) in [4.78, 5) is 15.8. The zero-order chi connectivity index (χ0) is 22.1. The van der Waals surface area contributed by atoms with E-state index in [1.54, 1.807) is 6.92 Å². The van der Waals surface area contributed by atoms with E-state index in [2.05, 4.69) is 27.0 Å². The lowest BCUT2D eigenvalue weighted by atomic mass is 9.90. The second-order valence-corrected chi connectivity index (χ2v) is 8.69. The van der Waals surface area contributed by atoms with Crippen LogP contribution in [0.1, 0.15) is 54.5 Å². The fourth-order valence-corrected chi connectivity index (χ4v) is 5.04. The van der Waals surface area contributed by atoms with E-state index in [1.807, 2.05) is 18.3 Å². The predicted molar refractivity (Wildman–Crippen MR) is 124 cm³/mol. The number of benzene rings is 2. The maximum atomic E-state index is 13.7. The number of nitrogens with one attached hydrogen (secondary N) is 1. The summed E-state index contributed by atoms with van der Waals surface area (Å²) in [7, 11) is 0. The molecule has 0 atom stereocenters. The summed E-state index contributed by atoms with van der Waals surface area (Å²) in [5, 5.41) is 4.16. The highest BCUT2D eigenvalue weighted by molar-refractivity contribution is 5.96. The predicted octanol–water partition coefficient (Wildman–Crippen LogP) is 4.66. The molecule has 5 rings (SSSR count). The molecule has 5 nitrogen and oxygen atoms in total. The lowest BCUT2D eigenvalue weighted by molar-refractivity contribution is -0.118. The molecule has 3 heterocycles. The van der Waals surface area contributed by atoms with Crippen LogP contribution in [0.2, 0.25) is 0 Å².